The lowest BCUT2D eigenvalue weighted by Gasteiger charge is -2.28. The highest BCUT2D eigenvalue weighted by molar-refractivity contribution is 5.32. The standard InChI is InChI=1S/C10H7F7O/c1-6-4-2-3-5-7(6)18-10(16,17)8(11,12)9(13,14)15/h2-5H,1H3. The summed E-state index contributed by atoms with van der Waals surface area (Å²) in [6.07, 6.45) is -12.1. The van der Waals surface area contributed by atoms with E-state index in [4.69, 9.17) is 0 Å². The predicted molar refractivity (Wildman–Crippen MR) is 47.8 cm³/mol. The Kier molecular flexibility index (Phi) is 3.51. The van der Waals surface area contributed by atoms with Crippen molar-refractivity contribution in [2.24, 2.45) is 0 Å². The Hall–Kier alpha value is -1.47. The van der Waals surface area contributed by atoms with Gasteiger partial charge >= 0.3 is 18.2 Å². The maximum absolute atomic E-state index is 12.9. The van der Waals surface area contributed by atoms with E-state index in [1.165, 1.54) is 25.1 Å². The first-order chi connectivity index (χ1) is 7.99. The number of benzene rings is 1. The molecule has 102 valence electrons. The van der Waals surface area contributed by atoms with Crippen LogP contribution in [-0.2, 0) is 0 Å². The first-order valence-corrected chi connectivity index (χ1v) is 4.56. The lowest BCUT2D eigenvalue weighted by atomic mass is 10.2. The second-order valence-corrected chi connectivity index (χ2v) is 3.46. The van der Waals surface area contributed by atoms with Gasteiger partial charge in [0, 0.05) is 0 Å². The minimum atomic E-state index is -6.40. The third-order valence-electron chi connectivity index (χ3n) is 2.05. The van der Waals surface area contributed by atoms with E-state index in [0.717, 1.165) is 6.07 Å². The number of hydrogen-bond donors (Lipinski definition) is 0. The molecule has 0 fully saturated rings. The van der Waals surface area contributed by atoms with Crippen LogP contribution in [-0.4, -0.2) is 18.2 Å². The summed E-state index contributed by atoms with van der Waals surface area (Å²) in [7, 11) is 0. The van der Waals surface area contributed by atoms with Crippen LogP contribution in [0.5, 0.6) is 5.75 Å². The zero-order chi connectivity index (χ0) is 14.2. The molecule has 0 saturated carbocycles. The van der Waals surface area contributed by atoms with Crippen LogP contribution in [0.4, 0.5) is 30.7 Å². The van der Waals surface area contributed by atoms with Gasteiger partial charge in [-0.2, -0.15) is 30.7 Å². The molecule has 1 aromatic rings. The summed E-state index contributed by atoms with van der Waals surface area (Å²) >= 11 is 0. The first kappa shape index (κ1) is 14.6. The lowest BCUT2D eigenvalue weighted by Crippen LogP contribution is -2.55. The van der Waals surface area contributed by atoms with Gasteiger partial charge in [-0.15, -0.1) is 0 Å². The van der Waals surface area contributed by atoms with Gasteiger partial charge in [0.1, 0.15) is 5.75 Å². The highest BCUT2D eigenvalue weighted by atomic mass is 19.4. The van der Waals surface area contributed by atoms with E-state index < -0.39 is 24.0 Å². The zero-order valence-electron chi connectivity index (χ0n) is 8.86. The molecule has 18 heavy (non-hydrogen) atoms. The zero-order valence-corrected chi connectivity index (χ0v) is 8.86. The molecule has 0 unspecified atom stereocenters. The molecule has 1 nitrogen and oxygen atoms in total. The Labute approximate surface area is 97.2 Å². The molecule has 0 amide bonds. The summed E-state index contributed by atoms with van der Waals surface area (Å²) in [4.78, 5) is 0. The Morgan fingerprint density at radius 1 is 0.889 bits per heavy atom. The number of alkyl halides is 7. The normalized spacial score (nSPS) is 13.6. The monoisotopic (exact) mass is 276 g/mol. The molecule has 0 N–H and O–H groups in total. The van der Waals surface area contributed by atoms with Crippen molar-refractivity contribution >= 4 is 0 Å². The largest absolute Gasteiger partial charge is 0.474 e. The van der Waals surface area contributed by atoms with Gasteiger partial charge in [0.15, 0.2) is 0 Å². The molecule has 1 rings (SSSR count). The highest BCUT2D eigenvalue weighted by Crippen LogP contribution is 2.47. The molecule has 0 bridgehead atoms. The fourth-order valence-corrected chi connectivity index (χ4v) is 1.04. The van der Waals surface area contributed by atoms with E-state index in [1.54, 1.807) is 0 Å². The van der Waals surface area contributed by atoms with Gasteiger partial charge in [-0.1, -0.05) is 18.2 Å². The molecule has 1 aromatic carbocycles. The van der Waals surface area contributed by atoms with Crippen LogP contribution >= 0.6 is 0 Å². The van der Waals surface area contributed by atoms with E-state index in [9.17, 15) is 30.7 Å². The summed E-state index contributed by atoms with van der Waals surface area (Å²) in [6.45, 7) is 1.23. The van der Waals surface area contributed by atoms with Gasteiger partial charge in [-0.25, -0.2) is 0 Å². The van der Waals surface area contributed by atoms with Crippen molar-refractivity contribution < 1.29 is 35.5 Å². The SMILES string of the molecule is Cc1ccccc1OC(F)(F)C(F)(F)C(F)(F)F. The number of halogens is 7. The van der Waals surface area contributed by atoms with Gasteiger partial charge in [-0.3, -0.25) is 0 Å². The predicted octanol–water partition coefficient (Wildman–Crippen LogP) is 4.16. The number of hydrogen-bond acceptors (Lipinski definition) is 1. The Balaban J connectivity index is 3.06. The van der Waals surface area contributed by atoms with Gasteiger partial charge in [-0.05, 0) is 18.6 Å². The second kappa shape index (κ2) is 4.33. The van der Waals surface area contributed by atoms with Crippen LogP contribution in [0.3, 0.4) is 0 Å². The number of para-hydroxylation sites is 1. The van der Waals surface area contributed by atoms with Crippen molar-refractivity contribution in [2.45, 2.75) is 25.1 Å². The van der Waals surface area contributed by atoms with Crippen molar-refractivity contribution in [1.82, 2.24) is 0 Å². The molecule has 0 radical (unpaired) electrons. The molecule has 0 spiro atoms. The topological polar surface area (TPSA) is 9.23 Å². The van der Waals surface area contributed by atoms with Crippen molar-refractivity contribution in [3.63, 3.8) is 0 Å². The van der Waals surface area contributed by atoms with Crippen molar-refractivity contribution in [1.29, 1.82) is 0 Å². The number of rotatable bonds is 3. The fraction of sp³-hybridized carbons (Fsp3) is 0.400. The van der Waals surface area contributed by atoms with E-state index in [-0.39, 0.29) is 5.56 Å². The lowest BCUT2D eigenvalue weighted by molar-refractivity contribution is -0.403. The summed E-state index contributed by atoms with van der Waals surface area (Å²) in [5.41, 5.74) is 0.00940. The highest BCUT2D eigenvalue weighted by Gasteiger charge is 2.75. The summed E-state index contributed by atoms with van der Waals surface area (Å²) in [5.74, 6) is -7.02. The molecule has 0 aliphatic carbocycles. The molecule has 0 atom stereocenters. The van der Waals surface area contributed by atoms with Crippen LogP contribution in [0.1, 0.15) is 5.56 Å². The van der Waals surface area contributed by atoms with E-state index >= 15 is 0 Å². The molecule has 0 aliphatic rings. The van der Waals surface area contributed by atoms with Crippen LogP contribution in [0, 0.1) is 6.92 Å². The minimum absolute atomic E-state index is 0.00940. The van der Waals surface area contributed by atoms with Crippen LogP contribution in [0.2, 0.25) is 0 Å². The smallest absolute Gasteiger partial charge is 0.428 e. The minimum Gasteiger partial charge on any atom is -0.428 e. The van der Waals surface area contributed by atoms with E-state index in [0.29, 0.717) is 0 Å². The molecule has 8 heteroatoms. The van der Waals surface area contributed by atoms with E-state index in [2.05, 4.69) is 4.74 Å². The Bertz CT molecular complexity index is 424. The Morgan fingerprint density at radius 3 is 1.83 bits per heavy atom. The molecular weight excluding hydrogens is 269 g/mol. The summed E-state index contributed by atoms with van der Waals surface area (Å²) in [6, 6.07) is 4.67. The van der Waals surface area contributed by atoms with Gasteiger partial charge < -0.3 is 4.74 Å². The average molecular weight is 276 g/mol. The third-order valence-corrected chi connectivity index (χ3v) is 2.05. The molecule has 0 aliphatic heterocycles. The average Bonchev–Trinajstić information content (AvgIpc) is 2.19. The first-order valence-electron chi connectivity index (χ1n) is 4.56. The molecule has 0 saturated heterocycles. The number of aryl methyl sites for hydroxylation is 1. The summed E-state index contributed by atoms with van der Waals surface area (Å²) < 4.78 is 89.8. The quantitative estimate of drug-likeness (QED) is 0.753. The molecule has 0 heterocycles. The number of ether oxygens (including phenoxy) is 1. The second-order valence-electron chi connectivity index (χ2n) is 3.46. The molecular formula is C10H7F7O. The Morgan fingerprint density at radius 2 is 1.39 bits per heavy atom. The van der Waals surface area contributed by atoms with Crippen LogP contribution in [0.25, 0.3) is 0 Å². The van der Waals surface area contributed by atoms with Gasteiger partial charge in [0.2, 0.25) is 0 Å². The maximum atomic E-state index is 12.9. The molecule has 0 aromatic heterocycles. The third kappa shape index (κ3) is 2.51. The van der Waals surface area contributed by atoms with Crippen LogP contribution < -0.4 is 4.74 Å². The van der Waals surface area contributed by atoms with Crippen LogP contribution in [0.15, 0.2) is 24.3 Å². The maximum Gasteiger partial charge on any atom is 0.474 e. The van der Waals surface area contributed by atoms with Gasteiger partial charge in [0.25, 0.3) is 0 Å². The van der Waals surface area contributed by atoms with Crippen molar-refractivity contribution in [3.05, 3.63) is 29.8 Å². The summed E-state index contributed by atoms with van der Waals surface area (Å²) in [5, 5.41) is 0. The van der Waals surface area contributed by atoms with E-state index in [1.807, 2.05) is 0 Å². The van der Waals surface area contributed by atoms with Gasteiger partial charge in [0.05, 0.1) is 0 Å². The van der Waals surface area contributed by atoms with Crippen molar-refractivity contribution in [3.8, 4) is 5.75 Å². The fourth-order valence-electron chi connectivity index (χ4n) is 1.04. The van der Waals surface area contributed by atoms with Crippen molar-refractivity contribution in [2.75, 3.05) is 0 Å².